The minimum Gasteiger partial charge on any atom is -0.479 e. The number of hydrogen-bond acceptors (Lipinski definition) is 24. The predicted molar refractivity (Wildman–Crippen MR) is 269 cm³/mol. The van der Waals surface area contributed by atoms with Crippen molar-refractivity contribution in [1.29, 1.82) is 0 Å². The molecule has 5 aliphatic carbocycles. The first-order valence-electron chi connectivity index (χ1n) is 28.2. The molecule has 456 valence electrons. The van der Waals surface area contributed by atoms with E-state index in [-0.39, 0.29) is 28.4 Å². The molecule has 8 fully saturated rings. The van der Waals surface area contributed by atoms with E-state index in [4.69, 9.17) is 42.6 Å². The summed E-state index contributed by atoms with van der Waals surface area (Å²) in [6, 6.07) is 0. The number of carboxylic acids is 1. The molecule has 80 heavy (non-hydrogen) atoms. The van der Waals surface area contributed by atoms with E-state index in [1.807, 2.05) is 13.8 Å². The van der Waals surface area contributed by atoms with E-state index in [0.717, 1.165) is 12.0 Å². The predicted octanol–water partition coefficient (Wildman–Crippen LogP) is -1.97. The molecule has 4 aliphatic heterocycles. The smallest absolute Gasteiger partial charge is 0.335 e. The van der Waals surface area contributed by atoms with Gasteiger partial charge in [-0.25, -0.2) is 4.79 Å². The number of esters is 1. The number of ketones is 1. The molecule has 0 unspecified atom stereocenters. The summed E-state index contributed by atoms with van der Waals surface area (Å²) in [5.74, 6) is -2.55. The number of aliphatic carboxylic acids is 1. The molecule has 0 aromatic rings. The summed E-state index contributed by atoms with van der Waals surface area (Å²) in [5.41, 5.74) is -2.45. The van der Waals surface area contributed by atoms with Crippen LogP contribution in [0.3, 0.4) is 0 Å². The van der Waals surface area contributed by atoms with E-state index in [0.29, 0.717) is 51.4 Å². The Morgan fingerprint density at radius 1 is 0.588 bits per heavy atom. The first-order valence-corrected chi connectivity index (χ1v) is 28.2. The SMILES string of the molecule is CC(=O)O[C@@]12CC(C)(C)CC[C@@H]1C(=O)C[C@]1(C)C2=CC[C@@H]2[C@@]3(C)CC[C@H](O[C@@H]4O[C@H](C(=O)O)[C@@H](O[C@@H]5O[C@H](CO)[C@@H](O)[C@H](O)[C@H]5O[C@@H]5O[C@H](CO)[C@@H](O)[C@H](O)[C@H]5O)[C@H](O)[C@H]4O[C@@H]4O[C@H](CO)[C@@H](O)[C@H](O)[C@H]4O)C(C)(C)[C@@H]3CC[C@]21C. The van der Waals surface area contributed by atoms with Crippen LogP contribution >= 0.6 is 0 Å². The lowest BCUT2D eigenvalue weighted by atomic mass is 9.34. The average molecular weight is 1150 g/mol. The Morgan fingerprint density at radius 2 is 1.10 bits per heavy atom. The molecule has 13 N–H and O–H groups in total. The monoisotopic (exact) mass is 1150 g/mol. The Balaban J connectivity index is 1.02. The van der Waals surface area contributed by atoms with Gasteiger partial charge in [-0.2, -0.15) is 0 Å². The lowest BCUT2D eigenvalue weighted by molar-refractivity contribution is -0.401. The normalized spacial score (nSPS) is 51.9. The van der Waals surface area contributed by atoms with Gasteiger partial charge in [0, 0.05) is 18.8 Å². The molecular formula is C55H86O25. The van der Waals surface area contributed by atoms with Crippen LogP contribution < -0.4 is 0 Å². The Morgan fingerprint density at radius 3 is 1.64 bits per heavy atom. The number of fused-ring (bicyclic) bond motifs is 7. The number of Topliss-reactive ketones (excluding diaryl/α,β-unsaturated/α-hetero) is 1. The van der Waals surface area contributed by atoms with Gasteiger partial charge in [0.05, 0.1) is 31.8 Å². The van der Waals surface area contributed by atoms with Gasteiger partial charge in [-0.1, -0.05) is 54.5 Å². The van der Waals surface area contributed by atoms with Crippen LogP contribution in [0.15, 0.2) is 11.6 Å². The number of allylic oxidation sites excluding steroid dienone is 1. The van der Waals surface area contributed by atoms with Gasteiger partial charge in [-0.15, -0.1) is 0 Å². The fourth-order valence-corrected chi connectivity index (χ4v) is 16.7. The van der Waals surface area contributed by atoms with Crippen molar-refractivity contribution in [2.24, 2.45) is 44.8 Å². The van der Waals surface area contributed by atoms with Gasteiger partial charge < -0.3 is 109 Å². The lowest BCUT2D eigenvalue weighted by Gasteiger charge is -2.71. The third-order valence-corrected chi connectivity index (χ3v) is 21.0. The third-order valence-electron chi connectivity index (χ3n) is 21.0. The highest BCUT2D eigenvalue weighted by molar-refractivity contribution is 5.87. The molecule has 0 amide bonds. The minimum atomic E-state index is -2.23. The van der Waals surface area contributed by atoms with Gasteiger partial charge in [0.15, 0.2) is 31.3 Å². The fraction of sp³-hybridized carbons (Fsp3) is 0.909. The maximum Gasteiger partial charge on any atom is 0.335 e. The van der Waals surface area contributed by atoms with Crippen LogP contribution in [0, 0.1) is 44.8 Å². The van der Waals surface area contributed by atoms with Gasteiger partial charge >= 0.3 is 11.9 Å². The van der Waals surface area contributed by atoms with Gasteiger partial charge in [0.1, 0.15) is 103 Å². The number of carbonyl (C=O) groups is 3. The van der Waals surface area contributed by atoms with Crippen molar-refractivity contribution in [1.82, 2.24) is 0 Å². The van der Waals surface area contributed by atoms with Crippen molar-refractivity contribution >= 4 is 17.7 Å². The van der Waals surface area contributed by atoms with Crippen molar-refractivity contribution in [3.63, 3.8) is 0 Å². The summed E-state index contributed by atoms with van der Waals surface area (Å²) in [5, 5.41) is 140. The Bertz CT molecular complexity index is 2300. The van der Waals surface area contributed by atoms with E-state index < -0.39 is 188 Å². The second kappa shape index (κ2) is 22.4. The third kappa shape index (κ3) is 10.1. The average Bonchev–Trinajstić information content (AvgIpc) is 3.40. The van der Waals surface area contributed by atoms with Crippen LogP contribution in [0.1, 0.15) is 113 Å². The van der Waals surface area contributed by atoms with Crippen LogP contribution in [-0.4, -0.2) is 238 Å². The molecule has 0 spiro atoms. The lowest BCUT2D eigenvalue weighted by Crippen LogP contribution is -2.69. The summed E-state index contributed by atoms with van der Waals surface area (Å²) < 4.78 is 54.6. The largest absolute Gasteiger partial charge is 0.479 e. The molecule has 0 radical (unpaired) electrons. The van der Waals surface area contributed by atoms with Crippen LogP contribution in [-0.2, 0) is 57.0 Å². The molecular weight excluding hydrogens is 1060 g/mol. The van der Waals surface area contributed by atoms with Gasteiger partial charge in [0.25, 0.3) is 0 Å². The fourth-order valence-electron chi connectivity index (χ4n) is 16.7. The molecule has 28 atom stereocenters. The summed E-state index contributed by atoms with van der Waals surface area (Å²) in [4.78, 5) is 41.1. The number of ether oxygens (including phenoxy) is 9. The highest BCUT2D eigenvalue weighted by Crippen LogP contribution is 2.75. The zero-order chi connectivity index (χ0) is 58.7. The van der Waals surface area contributed by atoms with E-state index in [1.165, 1.54) is 6.92 Å². The highest BCUT2D eigenvalue weighted by atomic mass is 16.8. The number of carboxylic acid groups (broad SMARTS) is 1. The molecule has 4 saturated carbocycles. The number of aliphatic hydroxyl groups excluding tert-OH is 12. The van der Waals surface area contributed by atoms with Crippen molar-refractivity contribution in [2.45, 2.75) is 248 Å². The molecule has 4 heterocycles. The number of carbonyl (C=O) groups excluding carboxylic acids is 2. The first kappa shape index (κ1) is 62.1. The van der Waals surface area contributed by atoms with Gasteiger partial charge in [0.2, 0.25) is 0 Å². The van der Waals surface area contributed by atoms with E-state index >= 15 is 0 Å². The number of aliphatic hydroxyl groups is 12. The maximum absolute atomic E-state index is 14.6. The summed E-state index contributed by atoms with van der Waals surface area (Å²) in [6.07, 6.45) is -32.2. The molecule has 9 aliphatic rings. The Labute approximate surface area is 464 Å². The second-order valence-corrected chi connectivity index (χ2v) is 26.5. The molecule has 0 aromatic carbocycles. The van der Waals surface area contributed by atoms with Gasteiger partial charge in [-0.05, 0) is 90.4 Å². The van der Waals surface area contributed by atoms with Crippen molar-refractivity contribution < 1.29 is 123 Å². The van der Waals surface area contributed by atoms with Crippen LogP contribution in [0.5, 0.6) is 0 Å². The molecule has 4 saturated heterocycles. The molecule has 25 nitrogen and oxygen atoms in total. The molecule has 0 aromatic heterocycles. The van der Waals surface area contributed by atoms with Crippen molar-refractivity contribution in [3.8, 4) is 0 Å². The summed E-state index contributed by atoms with van der Waals surface area (Å²) >= 11 is 0. The Hall–Kier alpha value is -2.45. The van der Waals surface area contributed by atoms with Crippen LogP contribution in [0.25, 0.3) is 0 Å². The van der Waals surface area contributed by atoms with Crippen molar-refractivity contribution in [2.75, 3.05) is 19.8 Å². The van der Waals surface area contributed by atoms with E-state index in [9.17, 15) is 80.8 Å². The zero-order valence-electron chi connectivity index (χ0n) is 46.6. The van der Waals surface area contributed by atoms with Gasteiger partial charge in [-0.3, -0.25) is 9.59 Å². The molecule has 0 bridgehead atoms. The number of rotatable bonds is 13. The number of hydrogen-bond donors (Lipinski definition) is 13. The quantitative estimate of drug-likeness (QED) is 0.0541. The van der Waals surface area contributed by atoms with Crippen LogP contribution in [0.4, 0.5) is 0 Å². The van der Waals surface area contributed by atoms with Crippen molar-refractivity contribution in [3.05, 3.63) is 11.6 Å². The first-order chi connectivity index (χ1) is 37.4. The van der Waals surface area contributed by atoms with E-state index in [1.54, 1.807) is 0 Å². The maximum atomic E-state index is 14.6. The second-order valence-electron chi connectivity index (χ2n) is 26.5. The molecule has 9 rings (SSSR count). The zero-order valence-corrected chi connectivity index (χ0v) is 46.6. The topological polar surface area (TPSA) is 397 Å². The molecule has 25 heteroatoms. The standard InChI is InChI=1S/C55H86O25/c1-22(59)80-55-21-50(2,3)14-11-23(55)24(60)17-54(8)30(55)10-9-29-52(6)15-13-31(51(4,5)28(52)12-16-53(29,54)7)75-49-43(78-47-39(68)36(65)33(62)26(19-57)73-47)40(69)41(44(79-49)45(70)71)76-48-42(37(66)34(63)27(20-58)74-48)77-46-38(67)35(64)32(61)25(18-56)72-46/h10,23,25-29,31-44,46-49,56-58,61-69H,9,11-21H2,1-8H3,(H,70,71)/t23-,25-,26-,27-,28+,29-,31+,32-,33-,34-,35+,36+,37+,38-,39-,40+,41+,42-,43-,44+,46+,47+,48+,49-,52+,53-,54-,55+/m1/s1. The van der Waals surface area contributed by atoms with Crippen LogP contribution in [0.2, 0.25) is 0 Å². The summed E-state index contributed by atoms with van der Waals surface area (Å²) in [7, 11) is 0. The van der Waals surface area contributed by atoms with E-state index in [2.05, 4.69) is 40.7 Å². The minimum absolute atomic E-state index is 0.0305. The highest BCUT2D eigenvalue weighted by Gasteiger charge is 2.72. The summed E-state index contributed by atoms with van der Waals surface area (Å²) in [6.45, 7) is 13.8. The Kier molecular flexibility index (Phi) is 17.4.